The largest absolute Gasteiger partial charge is 0.497 e. The number of fused-ring (bicyclic) bond motifs is 1. The third-order valence-corrected chi connectivity index (χ3v) is 16.8. The summed E-state index contributed by atoms with van der Waals surface area (Å²) in [6, 6.07) is 19.3. The van der Waals surface area contributed by atoms with Crippen LogP contribution >= 0.6 is 15.9 Å². The molecule has 2 fully saturated rings. The molecule has 0 aliphatic carbocycles. The number of ketones is 1. The van der Waals surface area contributed by atoms with E-state index >= 15 is 0 Å². The minimum absolute atomic E-state index is 0.0255. The van der Waals surface area contributed by atoms with E-state index in [4.69, 9.17) is 28.1 Å². The Morgan fingerprint density at radius 2 is 1.64 bits per heavy atom. The van der Waals surface area contributed by atoms with Gasteiger partial charge in [0, 0.05) is 13.5 Å². The van der Waals surface area contributed by atoms with Gasteiger partial charge < -0.3 is 33.4 Å². The fourth-order valence-electron chi connectivity index (χ4n) is 7.12. The highest BCUT2D eigenvalue weighted by molar-refractivity contribution is 9.10. The molecular weight excluding hydrogens is 870 g/mol. The molecule has 3 amide bonds. The van der Waals surface area contributed by atoms with Crippen LogP contribution in [0.4, 0.5) is 4.79 Å². The zero-order chi connectivity index (χ0) is 44.6. The van der Waals surface area contributed by atoms with Gasteiger partial charge >= 0.3 is 18.0 Å². The molecule has 2 aliphatic heterocycles. The van der Waals surface area contributed by atoms with Gasteiger partial charge in [-0.05, 0) is 72.9 Å². The number of Topliss-reactive ketones (excluding diaryl/α,β-unsaturated/α-hetero) is 1. The maximum atomic E-state index is 14.4. The van der Waals surface area contributed by atoms with Crippen molar-refractivity contribution in [2.75, 3.05) is 26.8 Å². The second kappa shape index (κ2) is 20.3. The van der Waals surface area contributed by atoms with Crippen molar-refractivity contribution in [1.82, 2.24) is 10.2 Å². The standard InChI is InChI=1S/C44H54BrN3O12Si/c1-9-61(10-2,11-3)60-37(34-23-48(34)43(54)56-24-29-17-13-12-14-18-29)38(58-28(6)50)35(45)36(40(51)46-22-27(5)49)47-41(52)39(44(7)25-57-44)59-42(53)33-21-30(55-8)20-32-26(4)16-15-19-31(32)33/h12-21,34-35,37-39H,9-11,22-25H2,1-8H3,(H,46,51)/t34-,35?,37+,38+,39+,44-,48?/m0/s1. The van der Waals surface area contributed by atoms with Crippen LogP contribution in [0.15, 0.2) is 65.7 Å². The van der Waals surface area contributed by atoms with Crippen LogP contribution in [-0.2, 0) is 49.2 Å². The van der Waals surface area contributed by atoms with Crippen LogP contribution in [-0.4, -0.2) is 116 Å². The first-order valence-corrected chi connectivity index (χ1v) is 23.7. The molecule has 2 saturated heterocycles. The highest BCUT2D eigenvalue weighted by Gasteiger charge is 2.56. The maximum Gasteiger partial charge on any atom is 0.410 e. The smallest absolute Gasteiger partial charge is 0.410 e. The number of aryl methyl sites for hydroxylation is 1. The van der Waals surface area contributed by atoms with Gasteiger partial charge in [-0.25, -0.2) is 14.6 Å². The van der Waals surface area contributed by atoms with E-state index in [1.54, 1.807) is 25.1 Å². The Balaban J connectivity index is 1.53. The number of esters is 2. The first-order chi connectivity index (χ1) is 29.0. The van der Waals surface area contributed by atoms with Gasteiger partial charge in [0.15, 0.2) is 8.32 Å². The molecule has 0 spiro atoms. The molecule has 1 N–H and O–H groups in total. The molecule has 3 aromatic carbocycles. The summed E-state index contributed by atoms with van der Waals surface area (Å²) in [5, 5.41) is 3.79. The van der Waals surface area contributed by atoms with E-state index in [1.165, 1.54) is 31.9 Å². The van der Waals surface area contributed by atoms with Gasteiger partial charge in [-0.3, -0.25) is 24.1 Å². The monoisotopic (exact) mass is 923 g/mol. The van der Waals surface area contributed by atoms with Crippen LogP contribution < -0.4 is 10.1 Å². The van der Waals surface area contributed by atoms with E-state index in [0.717, 1.165) is 16.5 Å². The molecule has 0 aromatic heterocycles. The van der Waals surface area contributed by atoms with E-state index in [9.17, 15) is 28.8 Å². The van der Waals surface area contributed by atoms with E-state index in [0.29, 0.717) is 29.3 Å². The molecule has 0 saturated carbocycles. The van der Waals surface area contributed by atoms with Crippen LogP contribution in [0.25, 0.3) is 10.8 Å². The number of nitrogens with zero attached hydrogens (tertiary/aromatic N) is 2. The van der Waals surface area contributed by atoms with Crippen molar-refractivity contribution in [1.29, 1.82) is 0 Å². The lowest BCUT2D eigenvalue weighted by Gasteiger charge is -2.38. The molecule has 3 aromatic rings. The number of carbonyl (C=O) groups excluding carboxylic acids is 6. The minimum Gasteiger partial charge on any atom is -0.497 e. The minimum atomic E-state index is -2.56. The Morgan fingerprint density at radius 3 is 2.23 bits per heavy atom. The average molecular weight is 925 g/mol. The van der Waals surface area contributed by atoms with E-state index in [2.05, 4.69) is 26.2 Å². The van der Waals surface area contributed by atoms with Gasteiger partial charge in [-0.15, -0.1) is 0 Å². The topological polar surface area (TPSA) is 188 Å². The molecular formula is C44H54BrN3O12Si. The Kier molecular flexibility index (Phi) is 15.6. The summed E-state index contributed by atoms with van der Waals surface area (Å²) in [6.07, 6.45) is -4.62. The van der Waals surface area contributed by atoms with Crippen molar-refractivity contribution in [3.63, 3.8) is 0 Å². The van der Waals surface area contributed by atoms with Crippen LogP contribution in [0.3, 0.4) is 0 Å². The number of carbonyl (C=O) groups is 6. The second-order valence-electron chi connectivity index (χ2n) is 15.5. The molecule has 17 heteroatoms. The number of hydrogen-bond acceptors (Lipinski definition) is 12. The molecule has 2 aliphatic rings. The van der Waals surface area contributed by atoms with Gasteiger partial charge in [0.2, 0.25) is 6.10 Å². The maximum absolute atomic E-state index is 14.4. The number of methoxy groups -OCH3 is 1. The number of rotatable bonds is 20. The first-order valence-electron chi connectivity index (χ1n) is 20.3. The van der Waals surface area contributed by atoms with Crippen molar-refractivity contribution < 1.29 is 56.9 Å². The molecule has 1 unspecified atom stereocenters. The highest BCUT2D eigenvalue weighted by atomic mass is 79.9. The Labute approximate surface area is 365 Å². The number of hydrogen-bond donors (Lipinski definition) is 1. The van der Waals surface area contributed by atoms with E-state index in [-0.39, 0.29) is 31.1 Å². The Morgan fingerprint density at radius 1 is 0.967 bits per heavy atom. The molecule has 15 nitrogen and oxygen atoms in total. The number of halogens is 1. The van der Waals surface area contributed by atoms with Gasteiger partial charge in [-0.1, -0.05) is 85.2 Å². The summed E-state index contributed by atoms with van der Waals surface area (Å²) in [5.74, 6) is -3.59. The third kappa shape index (κ3) is 11.5. The van der Waals surface area contributed by atoms with Gasteiger partial charge in [0.25, 0.3) is 11.8 Å². The molecule has 0 radical (unpaired) electrons. The summed E-state index contributed by atoms with van der Waals surface area (Å²) < 4.78 is 35.6. The molecule has 61 heavy (non-hydrogen) atoms. The van der Waals surface area contributed by atoms with Crippen molar-refractivity contribution in [3.05, 3.63) is 77.4 Å². The van der Waals surface area contributed by atoms with Gasteiger partial charge in [0.05, 0.1) is 31.9 Å². The zero-order valence-corrected chi connectivity index (χ0v) is 38.4. The van der Waals surface area contributed by atoms with Crippen molar-refractivity contribution in [2.45, 2.75) is 108 Å². The van der Waals surface area contributed by atoms with Gasteiger partial charge in [0.1, 0.15) is 46.5 Å². The highest BCUT2D eigenvalue weighted by Crippen LogP contribution is 2.38. The molecule has 6 atom stereocenters. The fraction of sp³-hybridized carbons (Fsp3) is 0.477. The summed E-state index contributed by atoms with van der Waals surface area (Å²) in [4.78, 5) is 85.3. The normalized spacial score (nSPS) is 19.2. The number of amides is 3. The first kappa shape index (κ1) is 47.1. The van der Waals surface area contributed by atoms with Crippen molar-refractivity contribution in [3.8, 4) is 5.75 Å². The van der Waals surface area contributed by atoms with Crippen LogP contribution in [0, 0.1) is 6.92 Å². The predicted octanol–water partition coefficient (Wildman–Crippen LogP) is 6.25. The molecule has 5 rings (SSSR count). The number of nitrogens with one attached hydrogen (secondary N) is 1. The lowest BCUT2D eigenvalue weighted by atomic mass is 9.99. The SMILES string of the molecule is CC[Si](CC)(CC)O[C@@H]([C@H](OC(C)=O)C(Br)C(=NC(=O)[C@@H](OC(=O)c1cc(OC)cc2c(C)cccc12)[C@]1(C)CO1)C(=O)NCC(C)=O)[C@@H]1CN1C(=O)OCc1ccccc1. The Bertz CT molecular complexity index is 2150. The number of aliphatic imine (C=N–C) groups is 1. The van der Waals surface area contributed by atoms with Crippen LogP contribution in [0.5, 0.6) is 5.75 Å². The van der Waals surface area contributed by atoms with Crippen LogP contribution in [0.1, 0.15) is 63.0 Å². The van der Waals surface area contributed by atoms with E-state index < -0.39 is 85.2 Å². The molecule has 2 heterocycles. The quantitative estimate of drug-likeness (QED) is 0.0336. The summed E-state index contributed by atoms with van der Waals surface area (Å²) in [5.41, 5.74) is 0.00829. The number of alkyl halides is 1. The average Bonchev–Trinajstić information content (AvgIpc) is 4.20. The van der Waals surface area contributed by atoms with Crippen molar-refractivity contribution in [2.24, 2.45) is 4.99 Å². The number of epoxide rings is 1. The third-order valence-electron chi connectivity index (χ3n) is 11.2. The lowest BCUT2D eigenvalue weighted by Crippen LogP contribution is -2.55. The number of benzene rings is 3. The number of ether oxygens (including phenoxy) is 5. The fourth-order valence-corrected chi connectivity index (χ4v) is 10.7. The molecule has 328 valence electrons. The summed E-state index contributed by atoms with van der Waals surface area (Å²) >= 11 is 3.56. The van der Waals surface area contributed by atoms with Gasteiger partial charge in [-0.2, -0.15) is 0 Å². The lowest BCUT2D eigenvalue weighted by molar-refractivity contribution is -0.151. The van der Waals surface area contributed by atoms with E-state index in [1.807, 2.05) is 64.1 Å². The predicted molar refractivity (Wildman–Crippen MR) is 232 cm³/mol. The van der Waals surface area contributed by atoms with Crippen LogP contribution in [0.2, 0.25) is 18.1 Å². The summed E-state index contributed by atoms with van der Waals surface area (Å²) in [6.45, 7) is 11.8. The summed E-state index contributed by atoms with van der Waals surface area (Å²) in [7, 11) is -1.10. The second-order valence-corrected chi connectivity index (χ2v) is 21.2. The Hall–Kier alpha value is -4.97. The zero-order valence-electron chi connectivity index (χ0n) is 35.8. The van der Waals surface area contributed by atoms with Crippen molar-refractivity contribution >= 4 is 76.4 Å². The molecule has 0 bridgehead atoms.